The first kappa shape index (κ1) is 45.9. The van der Waals surface area contributed by atoms with E-state index in [0.29, 0.717) is 79.1 Å². The molecule has 0 unspecified atom stereocenters. The number of hydrogen-bond donors (Lipinski definition) is 4. The number of nitrogens with zero attached hydrogens (tertiary/aromatic N) is 4. The maximum Gasteiger partial charge on any atom is 0.417 e. The third-order valence-electron chi connectivity index (χ3n) is 10.6. The number of unbranched alkanes of at least 4 members (excludes halogenated alkanes) is 2. The summed E-state index contributed by atoms with van der Waals surface area (Å²) in [5.41, 5.74) is -3.47. The van der Waals surface area contributed by atoms with Crippen molar-refractivity contribution in [1.82, 2.24) is 20.0 Å². The van der Waals surface area contributed by atoms with Gasteiger partial charge in [-0.25, -0.2) is 17.9 Å². The van der Waals surface area contributed by atoms with Crippen molar-refractivity contribution in [3.63, 3.8) is 0 Å². The van der Waals surface area contributed by atoms with Crippen molar-refractivity contribution in [3.05, 3.63) is 129 Å². The molecule has 4 N–H and O–H groups in total. The summed E-state index contributed by atoms with van der Waals surface area (Å²) in [6.45, 7) is 2.54. The van der Waals surface area contributed by atoms with Crippen LogP contribution in [0.4, 0.5) is 28.9 Å². The highest BCUT2D eigenvalue weighted by Gasteiger charge is 2.38. The van der Waals surface area contributed by atoms with Gasteiger partial charge in [-0.3, -0.25) is 19.2 Å². The first-order valence-electron chi connectivity index (χ1n) is 19.9. The van der Waals surface area contributed by atoms with Crippen LogP contribution in [0.1, 0.15) is 65.3 Å². The highest BCUT2D eigenvalue weighted by atomic mass is 32.2. The molecule has 0 radical (unpaired) electrons. The van der Waals surface area contributed by atoms with Gasteiger partial charge in [-0.1, -0.05) is 30.7 Å². The summed E-state index contributed by atoms with van der Waals surface area (Å²) >= 11 is 0. The topological polar surface area (TPSA) is 206 Å². The predicted molar refractivity (Wildman–Crippen MR) is 225 cm³/mol. The molecule has 0 aliphatic carbocycles. The molecule has 0 bridgehead atoms. The first-order chi connectivity index (χ1) is 29.9. The van der Waals surface area contributed by atoms with Crippen molar-refractivity contribution in [2.75, 3.05) is 49.1 Å². The lowest BCUT2D eigenvalue weighted by Gasteiger charge is -2.35. The van der Waals surface area contributed by atoms with Crippen LogP contribution in [-0.4, -0.2) is 95.3 Å². The number of aliphatic hydroxyl groups is 1. The normalized spacial score (nSPS) is 14.2. The third kappa shape index (κ3) is 11.2. The van der Waals surface area contributed by atoms with Gasteiger partial charge >= 0.3 is 6.18 Å². The van der Waals surface area contributed by atoms with Crippen molar-refractivity contribution in [2.45, 2.75) is 55.7 Å². The summed E-state index contributed by atoms with van der Waals surface area (Å²) in [6.07, 6.45) is -2.32. The number of anilines is 2. The number of sulfone groups is 1. The van der Waals surface area contributed by atoms with Crippen LogP contribution < -0.4 is 16.2 Å². The molecule has 63 heavy (non-hydrogen) atoms. The fraction of sp³-hybridized carbons (Fsp3) is 0.318. The molecule has 1 aliphatic rings. The highest BCUT2D eigenvalue weighted by molar-refractivity contribution is 7.91. The number of aromatic amines is 1. The molecule has 1 aliphatic heterocycles. The maximum atomic E-state index is 14.9. The fourth-order valence-corrected chi connectivity index (χ4v) is 8.75. The number of halogens is 4. The van der Waals surface area contributed by atoms with Gasteiger partial charge < -0.3 is 25.5 Å². The molecule has 1 atom stereocenters. The minimum atomic E-state index is -4.89. The molecule has 14 nitrogen and oxygen atoms in total. The number of alkyl halides is 3. The first-order valence-corrected chi connectivity index (χ1v) is 21.5. The Balaban J connectivity index is 0.905. The molecule has 3 amide bonds. The number of fused-ring (bicyclic) bond motifs is 1. The number of nitriles is 1. The zero-order valence-electron chi connectivity index (χ0n) is 34.0. The second-order valence-electron chi connectivity index (χ2n) is 15.3. The highest BCUT2D eigenvalue weighted by Crippen LogP contribution is 2.34. The van der Waals surface area contributed by atoms with Crippen molar-refractivity contribution in [3.8, 4) is 6.07 Å². The number of piperazine rings is 1. The van der Waals surface area contributed by atoms with E-state index in [1.807, 2.05) is 0 Å². The number of hydrogen-bond acceptors (Lipinski definition) is 10. The number of carbonyl (C=O) groups is 3. The molecule has 2 heterocycles. The number of carbonyl (C=O) groups excluding carboxylic acids is 3. The lowest BCUT2D eigenvalue weighted by atomic mass is 10.0. The second kappa shape index (κ2) is 19.2. The van der Waals surface area contributed by atoms with E-state index < -0.39 is 56.1 Å². The summed E-state index contributed by atoms with van der Waals surface area (Å²) < 4.78 is 81.1. The van der Waals surface area contributed by atoms with Gasteiger partial charge in [0.1, 0.15) is 5.82 Å². The molecule has 4 aromatic carbocycles. The summed E-state index contributed by atoms with van der Waals surface area (Å²) in [4.78, 5) is 54.3. The lowest BCUT2D eigenvalue weighted by Crippen LogP contribution is -2.50. The molecule has 1 aromatic heterocycles. The molecular formula is C44H43F4N7O7S. The van der Waals surface area contributed by atoms with Crippen LogP contribution in [0, 0.1) is 17.1 Å². The molecule has 1 fully saturated rings. The van der Waals surface area contributed by atoms with Gasteiger partial charge in [-0.2, -0.15) is 23.5 Å². The Kier molecular flexibility index (Phi) is 14.0. The van der Waals surface area contributed by atoms with E-state index in [0.717, 1.165) is 19.1 Å². The Hall–Kier alpha value is -6.65. The average molecular weight is 890 g/mol. The van der Waals surface area contributed by atoms with Crippen LogP contribution in [0.25, 0.3) is 10.8 Å². The van der Waals surface area contributed by atoms with Gasteiger partial charge in [0.05, 0.1) is 44.5 Å². The van der Waals surface area contributed by atoms with Crippen LogP contribution in [-0.2, 0) is 32.0 Å². The smallest absolute Gasteiger partial charge is 0.385 e. The zero-order chi connectivity index (χ0) is 45.5. The van der Waals surface area contributed by atoms with Crippen LogP contribution in [0.2, 0.25) is 0 Å². The van der Waals surface area contributed by atoms with Crippen molar-refractivity contribution >= 4 is 49.7 Å². The third-order valence-corrected chi connectivity index (χ3v) is 12.5. The van der Waals surface area contributed by atoms with E-state index >= 15 is 0 Å². The summed E-state index contributed by atoms with van der Waals surface area (Å²) in [6, 6.07) is 20.7. The Morgan fingerprint density at radius 2 is 1.56 bits per heavy atom. The van der Waals surface area contributed by atoms with Crippen LogP contribution in [0.5, 0.6) is 0 Å². The van der Waals surface area contributed by atoms with Gasteiger partial charge in [0, 0.05) is 62.3 Å². The largest absolute Gasteiger partial charge is 0.417 e. The van der Waals surface area contributed by atoms with Crippen molar-refractivity contribution in [2.24, 2.45) is 0 Å². The molecular weight excluding hydrogens is 847 g/mol. The minimum absolute atomic E-state index is 0.0537. The van der Waals surface area contributed by atoms with E-state index in [1.54, 1.807) is 35.2 Å². The minimum Gasteiger partial charge on any atom is -0.385 e. The van der Waals surface area contributed by atoms with Crippen LogP contribution in [0.15, 0.2) is 94.6 Å². The van der Waals surface area contributed by atoms with Crippen molar-refractivity contribution < 1.29 is 45.5 Å². The van der Waals surface area contributed by atoms with E-state index in [-0.39, 0.29) is 47.1 Å². The Morgan fingerprint density at radius 1 is 0.889 bits per heavy atom. The number of amides is 3. The predicted octanol–water partition coefficient (Wildman–Crippen LogP) is 5.66. The number of rotatable bonds is 15. The Bertz CT molecular complexity index is 2730. The molecule has 0 saturated carbocycles. The summed E-state index contributed by atoms with van der Waals surface area (Å²) in [7, 11) is -4.25. The SMILES string of the molecule is C[C@](O)(CS(=O)(=O)c1ccc(NCCCCCC(=O)N2CCN(C(=O)c3cc(Cc4n[nH]c(=O)c5ccccc45)ccc3F)CC2)cc1)C(=O)Nc1ccc(C#N)c(C(F)(F)F)c1. The number of benzene rings is 4. The van der Waals surface area contributed by atoms with Crippen LogP contribution >= 0.6 is 0 Å². The maximum absolute atomic E-state index is 14.9. The van der Waals surface area contributed by atoms with Gasteiger partial charge in [0.25, 0.3) is 17.4 Å². The van der Waals surface area contributed by atoms with Crippen molar-refractivity contribution in [1.29, 1.82) is 5.26 Å². The van der Waals surface area contributed by atoms with E-state index in [9.17, 15) is 50.3 Å². The molecule has 0 spiro atoms. The van der Waals surface area contributed by atoms with Gasteiger partial charge in [-0.05, 0) is 86.0 Å². The molecule has 6 rings (SSSR count). The molecule has 19 heteroatoms. The zero-order valence-corrected chi connectivity index (χ0v) is 34.8. The molecule has 330 valence electrons. The van der Waals surface area contributed by atoms with E-state index in [2.05, 4.69) is 20.8 Å². The summed E-state index contributed by atoms with van der Waals surface area (Å²) in [5.74, 6) is -3.52. The fourth-order valence-electron chi connectivity index (χ4n) is 7.16. The second-order valence-corrected chi connectivity index (χ2v) is 17.3. The number of aromatic nitrogens is 2. The van der Waals surface area contributed by atoms with E-state index in [4.69, 9.17) is 5.26 Å². The van der Waals surface area contributed by atoms with Gasteiger partial charge in [-0.15, -0.1) is 0 Å². The number of nitrogens with one attached hydrogen (secondary N) is 3. The van der Waals surface area contributed by atoms with Crippen LogP contribution in [0.3, 0.4) is 0 Å². The Labute approximate surface area is 359 Å². The van der Waals surface area contributed by atoms with E-state index in [1.165, 1.54) is 47.4 Å². The quantitative estimate of drug-likeness (QED) is 0.0750. The monoisotopic (exact) mass is 889 g/mol. The van der Waals surface area contributed by atoms with Gasteiger partial charge in [0.2, 0.25) is 5.91 Å². The number of H-pyrrole nitrogens is 1. The standard InChI is InChI=1S/C44H43F4N7O7S/c1-43(60,42(59)51-31-12-11-29(26-49)36(25-31)44(46,47)48)27-63(61,62)32-15-13-30(14-16-32)50-18-6-2-3-9-39(56)54-19-21-55(22-20-54)41(58)35-23-28(10-17-37(35)45)24-38-33-7-4-5-8-34(33)40(57)53-52-38/h4-5,7-8,10-17,23,25,50,60H,2-3,6,9,18-22,24,27H2,1H3,(H,51,59)(H,53,57)/t43-/m0/s1. The molecule has 5 aromatic rings. The molecule has 1 saturated heterocycles. The Morgan fingerprint density at radius 3 is 2.24 bits per heavy atom. The lowest BCUT2D eigenvalue weighted by molar-refractivity contribution is -0.138. The summed E-state index contributed by atoms with van der Waals surface area (Å²) in [5, 5.41) is 32.8. The van der Waals surface area contributed by atoms with Gasteiger partial charge in [0.15, 0.2) is 15.4 Å². The average Bonchev–Trinajstić information content (AvgIpc) is 3.25.